The zero-order valence-electron chi connectivity index (χ0n) is 21.7. The Balaban J connectivity index is 0.000000451. The molecule has 0 saturated heterocycles. The summed E-state index contributed by atoms with van der Waals surface area (Å²) in [6, 6.07) is 6.74. The first-order valence-corrected chi connectivity index (χ1v) is 13.3. The van der Waals surface area contributed by atoms with E-state index in [-0.39, 0.29) is 16.6 Å². The van der Waals surface area contributed by atoms with Crippen LogP contribution >= 0.6 is 11.3 Å². The summed E-state index contributed by atoms with van der Waals surface area (Å²) in [5.41, 5.74) is 5.21. The molecule has 1 aromatic carbocycles. The van der Waals surface area contributed by atoms with Gasteiger partial charge in [-0.1, -0.05) is 60.6 Å². The van der Waals surface area contributed by atoms with Gasteiger partial charge < -0.3 is 5.32 Å². The quantitative estimate of drug-likeness (QED) is 0.325. The Morgan fingerprint density at radius 1 is 0.969 bits per heavy atom. The number of hydrogen-bond donors (Lipinski definition) is 1. The zero-order valence-corrected chi connectivity index (χ0v) is 22.5. The summed E-state index contributed by atoms with van der Waals surface area (Å²) in [4.78, 5) is 18.1. The predicted octanol–water partition coefficient (Wildman–Crippen LogP) is 7.85. The molecule has 0 aliphatic heterocycles. The van der Waals surface area contributed by atoms with E-state index in [1.807, 2.05) is 6.92 Å². The van der Waals surface area contributed by atoms with Crippen LogP contribution in [-0.4, -0.2) is 23.9 Å². The Kier molecular flexibility index (Phi) is 9.66. The third-order valence-electron chi connectivity index (χ3n) is 6.44. The molecule has 0 unspecified atom stereocenters. The minimum Gasteiger partial charge on any atom is -0.317 e. The van der Waals surface area contributed by atoms with Gasteiger partial charge >= 0.3 is 0 Å². The molecular formula is C28H44N2OS. The van der Waals surface area contributed by atoms with E-state index >= 15 is 0 Å². The van der Waals surface area contributed by atoms with Crippen molar-refractivity contribution in [1.82, 2.24) is 10.3 Å². The van der Waals surface area contributed by atoms with Crippen molar-refractivity contribution in [2.45, 2.75) is 105 Å². The van der Waals surface area contributed by atoms with Crippen LogP contribution in [0.25, 0.3) is 11.3 Å². The number of carbonyl (C=O) groups excluding carboxylic acids is 1. The van der Waals surface area contributed by atoms with Gasteiger partial charge in [-0.25, -0.2) is 4.98 Å². The first-order chi connectivity index (χ1) is 15.1. The first kappa shape index (κ1) is 26.7. The van der Waals surface area contributed by atoms with Gasteiger partial charge in [0, 0.05) is 12.0 Å². The largest absolute Gasteiger partial charge is 0.317 e. The van der Waals surface area contributed by atoms with E-state index in [4.69, 9.17) is 4.98 Å². The molecule has 0 bridgehead atoms. The summed E-state index contributed by atoms with van der Waals surface area (Å²) < 4.78 is 0. The number of nitrogens with zero attached hydrogens (tertiary/aromatic N) is 1. The van der Waals surface area contributed by atoms with E-state index in [1.165, 1.54) is 61.2 Å². The van der Waals surface area contributed by atoms with Crippen molar-refractivity contribution < 1.29 is 4.79 Å². The Morgan fingerprint density at radius 2 is 1.56 bits per heavy atom. The van der Waals surface area contributed by atoms with Crippen LogP contribution in [0.2, 0.25) is 0 Å². The minimum atomic E-state index is 0.166. The molecule has 0 amide bonds. The normalized spacial score (nSPS) is 16.1. The van der Waals surface area contributed by atoms with Crippen LogP contribution in [-0.2, 0) is 10.8 Å². The molecule has 0 saturated carbocycles. The number of benzene rings is 1. The molecule has 178 valence electrons. The molecule has 3 nitrogen and oxygen atoms in total. The monoisotopic (exact) mass is 456 g/mol. The molecule has 1 aliphatic carbocycles. The highest BCUT2D eigenvalue weighted by Crippen LogP contribution is 2.47. The van der Waals surface area contributed by atoms with Crippen molar-refractivity contribution in [3.05, 3.63) is 39.2 Å². The Hall–Kier alpha value is -1.52. The van der Waals surface area contributed by atoms with Crippen molar-refractivity contribution in [2.75, 3.05) is 13.1 Å². The lowest BCUT2D eigenvalue weighted by Gasteiger charge is -2.42. The second kappa shape index (κ2) is 11.6. The number of carbonyl (C=O) groups is 1. The molecule has 0 fully saturated rings. The van der Waals surface area contributed by atoms with Gasteiger partial charge in [0.2, 0.25) is 0 Å². The highest BCUT2D eigenvalue weighted by molar-refractivity contribution is 7.14. The zero-order chi connectivity index (χ0) is 23.9. The molecule has 1 aromatic heterocycles. The molecule has 1 aliphatic rings. The maximum atomic E-state index is 12.5. The highest BCUT2D eigenvalue weighted by atomic mass is 32.1. The average molecular weight is 457 g/mol. The minimum absolute atomic E-state index is 0.166. The molecular weight excluding hydrogens is 412 g/mol. The lowest BCUT2D eigenvalue weighted by atomic mass is 9.63. The number of rotatable bonds is 8. The van der Waals surface area contributed by atoms with Crippen molar-refractivity contribution in [3.63, 3.8) is 0 Å². The molecule has 0 spiro atoms. The smallest absolute Gasteiger partial charge is 0.175 e. The maximum Gasteiger partial charge on any atom is 0.175 e. The van der Waals surface area contributed by atoms with Gasteiger partial charge in [-0.15, -0.1) is 11.3 Å². The molecule has 0 radical (unpaired) electrons. The average Bonchev–Trinajstić information content (AvgIpc) is 3.14. The molecule has 2 aromatic rings. The fourth-order valence-corrected chi connectivity index (χ4v) is 5.28. The van der Waals surface area contributed by atoms with Crippen molar-refractivity contribution in [1.29, 1.82) is 0 Å². The second-order valence-electron chi connectivity index (χ2n) is 10.4. The van der Waals surface area contributed by atoms with Gasteiger partial charge in [0.05, 0.1) is 15.6 Å². The van der Waals surface area contributed by atoms with E-state index in [1.54, 1.807) is 0 Å². The summed E-state index contributed by atoms with van der Waals surface area (Å²) in [7, 11) is 0. The van der Waals surface area contributed by atoms with Crippen molar-refractivity contribution >= 4 is 17.1 Å². The van der Waals surface area contributed by atoms with Gasteiger partial charge in [0.25, 0.3) is 0 Å². The van der Waals surface area contributed by atoms with Gasteiger partial charge in [0.15, 0.2) is 5.78 Å². The summed E-state index contributed by atoms with van der Waals surface area (Å²) >= 11 is 1.53. The van der Waals surface area contributed by atoms with E-state index < -0.39 is 0 Å². The van der Waals surface area contributed by atoms with E-state index in [0.717, 1.165) is 27.6 Å². The van der Waals surface area contributed by atoms with Crippen LogP contribution in [0.5, 0.6) is 0 Å². The van der Waals surface area contributed by atoms with Crippen LogP contribution < -0.4 is 5.32 Å². The molecule has 32 heavy (non-hydrogen) atoms. The second-order valence-corrected chi connectivity index (χ2v) is 11.6. The first-order valence-electron chi connectivity index (χ1n) is 12.4. The summed E-state index contributed by atoms with van der Waals surface area (Å²) in [5.74, 6) is 0.223. The molecule has 1 N–H and O–H groups in total. The highest BCUT2D eigenvalue weighted by Gasteiger charge is 2.37. The molecule has 1 heterocycles. The standard InChI is InChI=1S/C22H29NOS.C6H15N/c1-7-8-18(24)20-19(23-14(2)25-20)15-9-10-16-17(13-15)22(5,6)12-11-21(16,3)4;1-3-5-7-6-4-2/h9-10,13H,7-8,11-12H2,1-6H3;7H,3-6H2,1-2H3. The van der Waals surface area contributed by atoms with Gasteiger partial charge in [-0.05, 0) is 80.1 Å². The number of hydrogen-bond acceptors (Lipinski definition) is 4. The predicted molar refractivity (Wildman–Crippen MR) is 140 cm³/mol. The van der Waals surface area contributed by atoms with E-state index in [2.05, 4.69) is 72.0 Å². The van der Waals surface area contributed by atoms with Crippen LogP contribution in [0.3, 0.4) is 0 Å². The lowest BCUT2D eigenvalue weighted by molar-refractivity contribution is 0.0986. The Bertz CT molecular complexity index is 891. The fraction of sp³-hybridized carbons (Fsp3) is 0.643. The maximum absolute atomic E-state index is 12.5. The van der Waals surface area contributed by atoms with Crippen LogP contribution in [0.15, 0.2) is 18.2 Å². The number of ketones is 1. The Morgan fingerprint density at radius 3 is 2.12 bits per heavy atom. The number of Topliss-reactive ketones (excluding diaryl/α,β-unsaturated/α-hetero) is 1. The number of aryl methyl sites for hydroxylation is 1. The molecule has 0 atom stereocenters. The number of aromatic nitrogens is 1. The van der Waals surface area contributed by atoms with Crippen LogP contribution in [0.4, 0.5) is 0 Å². The Labute approximate surface area is 200 Å². The van der Waals surface area contributed by atoms with Gasteiger partial charge in [0.1, 0.15) is 0 Å². The third kappa shape index (κ3) is 6.51. The van der Waals surface area contributed by atoms with Crippen molar-refractivity contribution in [3.8, 4) is 11.3 Å². The van der Waals surface area contributed by atoms with Crippen LogP contribution in [0.1, 0.15) is 113 Å². The summed E-state index contributed by atoms with van der Waals surface area (Å²) in [6.45, 7) is 20.1. The fourth-order valence-electron chi connectivity index (χ4n) is 4.37. The van der Waals surface area contributed by atoms with E-state index in [0.29, 0.717) is 6.42 Å². The number of thiazole rings is 1. The summed E-state index contributed by atoms with van der Waals surface area (Å²) in [5, 5.41) is 4.25. The molecule has 3 rings (SSSR count). The summed E-state index contributed by atoms with van der Waals surface area (Å²) in [6.07, 6.45) is 6.37. The lowest BCUT2D eigenvalue weighted by Crippen LogP contribution is -2.33. The van der Waals surface area contributed by atoms with Crippen LogP contribution in [0, 0.1) is 6.92 Å². The third-order valence-corrected chi connectivity index (χ3v) is 7.46. The van der Waals surface area contributed by atoms with E-state index in [9.17, 15) is 4.79 Å². The van der Waals surface area contributed by atoms with Gasteiger partial charge in [-0.2, -0.15) is 0 Å². The van der Waals surface area contributed by atoms with Gasteiger partial charge in [-0.3, -0.25) is 4.79 Å². The SMILES string of the molecule is CCCC(=O)c1sc(C)nc1-c1ccc2c(c1)C(C)(C)CCC2(C)C.CCCNCCC. The number of nitrogens with one attached hydrogen (secondary N) is 1. The number of fused-ring (bicyclic) bond motifs is 1. The topological polar surface area (TPSA) is 42.0 Å². The van der Waals surface area contributed by atoms with Crippen molar-refractivity contribution in [2.24, 2.45) is 0 Å². The molecule has 4 heteroatoms.